The third kappa shape index (κ3) is 5.58. The van der Waals surface area contributed by atoms with Gasteiger partial charge in [-0.25, -0.2) is 0 Å². The van der Waals surface area contributed by atoms with E-state index in [4.69, 9.17) is 5.26 Å². The molecule has 2 nitrogen and oxygen atoms in total. The predicted molar refractivity (Wildman–Crippen MR) is 42.6 cm³/mol. The fourth-order valence-electron chi connectivity index (χ4n) is 0.910. The first kappa shape index (κ1) is 9.45. The summed E-state index contributed by atoms with van der Waals surface area (Å²) in [5.74, 6) is 0. The van der Waals surface area contributed by atoms with Crippen LogP contribution in [0.15, 0.2) is 0 Å². The Hall–Kier alpha value is -0.550. The lowest BCUT2D eigenvalue weighted by Crippen LogP contribution is -2.26. The van der Waals surface area contributed by atoms with Gasteiger partial charge in [-0.3, -0.25) is 0 Å². The van der Waals surface area contributed by atoms with Crippen LogP contribution in [-0.4, -0.2) is 12.6 Å². The smallest absolute Gasteiger partial charge is 0.0635 e. The van der Waals surface area contributed by atoms with E-state index in [1.54, 1.807) is 0 Å². The van der Waals surface area contributed by atoms with Crippen molar-refractivity contribution in [1.82, 2.24) is 5.32 Å². The van der Waals surface area contributed by atoms with Gasteiger partial charge in [0.15, 0.2) is 0 Å². The summed E-state index contributed by atoms with van der Waals surface area (Å²) < 4.78 is 0. The number of nitrogens with zero attached hydrogens (tertiary/aromatic N) is 1. The van der Waals surface area contributed by atoms with Gasteiger partial charge in [0.25, 0.3) is 0 Å². The second-order valence-electron chi connectivity index (χ2n) is 2.55. The Bertz CT molecular complexity index is 104. The maximum atomic E-state index is 8.22. The molecule has 0 saturated heterocycles. The number of nitriles is 1. The fraction of sp³-hybridized carbons (Fsp3) is 0.875. The molecule has 0 unspecified atom stereocenters. The van der Waals surface area contributed by atoms with Crippen molar-refractivity contribution in [3.05, 3.63) is 0 Å². The highest BCUT2D eigenvalue weighted by Crippen LogP contribution is 1.93. The van der Waals surface area contributed by atoms with Crippen LogP contribution in [0.2, 0.25) is 0 Å². The zero-order chi connectivity index (χ0) is 7.82. The molecule has 1 N–H and O–H groups in total. The summed E-state index contributed by atoms with van der Waals surface area (Å²) in [5.41, 5.74) is 0. The number of hydrogen-bond donors (Lipinski definition) is 1. The molecule has 0 radical (unpaired) electrons. The minimum absolute atomic E-state index is 0.568. The molecule has 0 bridgehead atoms. The van der Waals surface area contributed by atoms with Gasteiger partial charge in [0, 0.05) is 19.0 Å². The maximum absolute atomic E-state index is 8.22. The minimum Gasteiger partial charge on any atom is -0.313 e. The van der Waals surface area contributed by atoms with E-state index in [1.165, 1.54) is 12.8 Å². The highest BCUT2D eigenvalue weighted by atomic mass is 14.9. The molecule has 0 spiro atoms. The van der Waals surface area contributed by atoms with Crippen molar-refractivity contribution >= 4 is 0 Å². The molecule has 0 aliphatic rings. The zero-order valence-corrected chi connectivity index (χ0v) is 6.85. The first-order chi connectivity index (χ1) is 4.81. The van der Waals surface area contributed by atoms with Gasteiger partial charge in [-0.05, 0) is 13.3 Å². The Labute approximate surface area is 63.2 Å². The van der Waals surface area contributed by atoms with E-state index >= 15 is 0 Å². The molecule has 0 aromatic heterocycles. The molecule has 0 saturated carbocycles. The van der Waals surface area contributed by atoms with Crippen molar-refractivity contribution in [2.24, 2.45) is 0 Å². The number of hydrogen-bond acceptors (Lipinski definition) is 2. The van der Waals surface area contributed by atoms with Crippen LogP contribution in [-0.2, 0) is 0 Å². The summed E-state index contributed by atoms with van der Waals surface area (Å²) in [6.07, 6.45) is 3.03. The van der Waals surface area contributed by atoms with Crippen molar-refractivity contribution in [1.29, 1.82) is 5.26 Å². The lowest BCUT2D eigenvalue weighted by molar-refractivity contribution is 0.515. The van der Waals surface area contributed by atoms with Crippen molar-refractivity contribution in [3.8, 4) is 6.07 Å². The summed E-state index contributed by atoms with van der Waals surface area (Å²) in [5, 5.41) is 11.5. The molecule has 58 valence electrons. The number of rotatable bonds is 5. The quantitative estimate of drug-likeness (QED) is 0.590. The van der Waals surface area contributed by atoms with E-state index in [-0.39, 0.29) is 0 Å². The van der Waals surface area contributed by atoms with Gasteiger partial charge in [-0.2, -0.15) is 5.26 Å². The van der Waals surface area contributed by atoms with Gasteiger partial charge in [0.05, 0.1) is 6.07 Å². The average Bonchev–Trinajstić information content (AvgIpc) is 1.89. The largest absolute Gasteiger partial charge is 0.313 e. The van der Waals surface area contributed by atoms with Crippen molar-refractivity contribution in [2.45, 2.75) is 39.2 Å². The van der Waals surface area contributed by atoms with Gasteiger partial charge in [0.1, 0.15) is 0 Å². The Morgan fingerprint density at radius 3 is 2.80 bits per heavy atom. The second-order valence-corrected chi connectivity index (χ2v) is 2.55. The van der Waals surface area contributed by atoms with E-state index in [9.17, 15) is 0 Å². The summed E-state index contributed by atoms with van der Waals surface area (Å²) in [4.78, 5) is 0. The molecule has 0 aliphatic heterocycles. The van der Waals surface area contributed by atoms with Crippen LogP contribution in [0.4, 0.5) is 0 Å². The first-order valence-electron chi connectivity index (χ1n) is 3.91. The summed E-state index contributed by atoms with van der Waals surface area (Å²) in [6.45, 7) is 5.15. The van der Waals surface area contributed by atoms with Crippen LogP contribution < -0.4 is 5.32 Å². The van der Waals surface area contributed by atoms with Crippen LogP contribution in [0.5, 0.6) is 0 Å². The van der Waals surface area contributed by atoms with Crippen LogP contribution in [0.3, 0.4) is 0 Å². The maximum Gasteiger partial charge on any atom is 0.0635 e. The first-order valence-corrected chi connectivity index (χ1v) is 3.91. The average molecular weight is 140 g/mol. The van der Waals surface area contributed by atoms with Crippen LogP contribution in [0.25, 0.3) is 0 Å². The van der Waals surface area contributed by atoms with Crippen LogP contribution in [0, 0.1) is 11.3 Å². The molecule has 1 atom stereocenters. The summed E-state index contributed by atoms with van der Waals surface area (Å²) in [6, 6.07) is 2.67. The molecule has 0 amide bonds. The topological polar surface area (TPSA) is 35.8 Å². The fourth-order valence-corrected chi connectivity index (χ4v) is 0.910. The molecule has 0 heterocycles. The molecule has 0 rings (SSSR count). The van der Waals surface area contributed by atoms with Crippen molar-refractivity contribution < 1.29 is 0 Å². The van der Waals surface area contributed by atoms with Crippen molar-refractivity contribution in [2.75, 3.05) is 6.54 Å². The summed E-state index contributed by atoms with van der Waals surface area (Å²) in [7, 11) is 0. The standard InChI is InChI=1S/C8H16N2/c1-3-5-8(2)10-7-4-6-9/h8,10H,3-5,7H2,1-2H3/t8-/m1/s1. The highest BCUT2D eigenvalue weighted by Gasteiger charge is 1.96. The van der Waals surface area contributed by atoms with Gasteiger partial charge >= 0.3 is 0 Å². The predicted octanol–water partition coefficient (Wildman–Crippen LogP) is 1.68. The molecular weight excluding hydrogens is 124 g/mol. The van der Waals surface area contributed by atoms with Gasteiger partial charge in [-0.1, -0.05) is 13.3 Å². The lowest BCUT2D eigenvalue weighted by Gasteiger charge is -2.09. The van der Waals surface area contributed by atoms with Crippen molar-refractivity contribution in [3.63, 3.8) is 0 Å². The molecule has 10 heavy (non-hydrogen) atoms. The minimum atomic E-state index is 0.568. The van der Waals surface area contributed by atoms with Gasteiger partial charge in [-0.15, -0.1) is 0 Å². The van der Waals surface area contributed by atoms with E-state index in [0.717, 1.165) is 6.54 Å². The zero-order valence-electron chi connectivity index (χ0n) is 6.85. The normalized spacial score (nSPS) is 12.5. The molecular formula is C8H16N2. The Kier molecular flexibility index (Phi) is 6.21. The molecule has 0 aromatic rings. The third-order valence-corrected chi connectivity index (χ3v) is 1.45. The second kappa shape index (κ2) is 6.57. The van der Waals surface area contributed by atoms with E-state index in [2.05, 4.69) is 25.2 Å². The lowest BCUT2D eigenvalue weighted by atomic mass is 10.2. The number of nitrogens with one attached hydrogen (secondary N) is 1. The monoisotopic (exact) mass is 140 g/mol. The van der Waals surface area contributed by atoms with Gasteiger partial charge in [0.2, 0.25) is 0 Å². The summed E-state index contributed by atoms with van der Waals surface area (Å²) >= 11 is 0. The third-order valence-electron chi connectivity index (χ3n) is 1.45. The Morgan fingerprint density at radius 2 is 2.30 bits per heavy atom. The van der Waals surface area contributed by atoms with Crippen LogP contribution >= 0.6 is 0 Å². The van der Waals surface area contributed by atoms with E-state index < -0.39 is 0 Å². The molecule has 0 aromatic carbocycles. The van der Waals surface area contributed by atoms with E-state index in [1.807, 2.05) is 0 Å². The Morgan fingerprint density at radius 1 is 1.60 bits per heavy atom. The molecule has 2 heteroatoms. The molecule has 0 fully saturated rings. The van der Waals surface area contributed by atoms with E-state index in [0.29, 0.717) is 12.5 Å². The van der Waals surface area contributed by atoms with Crippen LogP contribution in [0.1, 0.15) is 33.1 Å². The van der Waals surface area contributed by atoms with Gasteiger partial charge < -0.3 is 5.32 Å². The Balaban J connectivity index is 3.06. The SMILES string of the molecule is CCC[C@@H](C)NCCC#N. The highest BCUT2D eigenvalue weighted by molar-refractivity contribution is 4.71. The molecule has 0 aliphatic carbocycles.